The molecule has 2 aromatic rings. The molecule has 0 amide bonds. The highest BCUT2D eigenvalue weighted by atomic mass is 35.5. The first kappa shape index (κ1) is 16.3. The number of hydrogen-bond donors (Lipinski definition) is 2. The lowest BCUT2D eigenvalue weighted by Crippen LogP contribution is -2.34. The second-order valence-electron chi connectivity index (χ2n) is 4.95. The molecule has 0 aliphatic heterocycles. The molecule has 1 aromatic heterocycles. The fourth-order valence-electron chi connectivity index (χ4n) is 1.98. The van der Waals surface area contributed by atoms with E-state index in [1.807, 2.05) is 24.4 Å². The SMILES string of the molecule is Cc1cc(Cl)c(S(=O)(=O)NC(C)Cc2cccs2)cc1N. The Morgan fingerprint density at radius 2 is 2.14 bits per heavy atom. The van der Waals surface area contributed by atoms with E-state index < -0.39 is 10.0 Å². The highest BCUT2D eigenvalue weighted by Gasteiger charge is 2.21. The highest BCUT2D eigenvalue weighted by Crippen LogP contribution is 2.27. The number of benzene rings is 1. The zero-order valence-corrected chi connectivity index (χ0v) is 14.1. The van der Waals surface area contributed by atoms with Crippen LogP contribution < -0.4 is 10.5 Å². The molecule has 1 unspecified atom stereocenters. The second kappa shape index (κ2) is 6.36. The molecule has 0 saturated heterocycles. The van der Waals surface area contributed by atoms with Crippen LogP contribution in [-0.2, 0) is 16.4 Å². The molecule has 0 saturated carbocycles. The van der Waals surface area contributed by atoms with E-state index in [2.05, 4.69) is 4.72 Å². The molecule has 2 rings (SSSR count). The number of nitrogens with one attached hydrogen (secondary N) is 1. The van der Waals surface area contributed by atoms with E-state index in [0.717, 1.165) is 10.4 Å². The molecule has 4 nitrogen and oxygen atoms in total. The number of nitrogens with two attached hydrogens (primary N) is 1. The fraction of sp³-hybridized carbons (Fsp3) is 0.286. The molecule has 0 spiro atoms. The van der Waals surface area contributed by atoms with Gasteiger partial charge < -0.3 is 5.73 Å². The van der Waals surface area contributed by atoms with Gasteiger partial charge in [0.05, 0.1) is 5.02 Å². The normalized spacial score (nSPS) is 13.3. The maximum Gasteiger partial charge on any atom is 0.242 e. The van der Waals surface area contributed by atoms with Crippen molar-refractivity contribution >= 4 is 38.6 Å². The average Bonchev–Trinajstić information content (AvgIpc) is 2.85. The van der Waals surface area contributed by atoms with Crippen LogP contribution in [-0.4, -0.2) is 14.5 Å². The van der Waals surface area contributed by atoms with Gasteiger partial charge in [-0.1, -0.05) is 17.7 Å². The van der Waals surface area contributed by atoms with E-state index in [4.69, 9.17) is 17.3 Å². The summed E-state index contributed by atoms with van der Waals surface area (Å²) in [4.78, 5) is 1.14. The fourth-order valence-corrected chi connectivity index (χ4v) is 4.67. The maximum atomic E-state index is 12.4. The molecule has 114 valence electrons. The minimum Gasteiger partial charge on any atom is -0.398 e. The minimum absolute atomic E-state index is 0.0188. The summed E-state index contributed by atoms with van der Waals surface area (Å²) in [5.41, 5.74) is 6.94. The number of anilines is 1. The molecule has 0 aliphatic rings. The molecule has 0 bridgehead atoms. The van der Waals surface area contributed by atoms with Crippen molar-refractivity contribution in [1.29, 1.82) is 0 Å². The molecule has 1 atom stereocenters. The Morgan fingerprint density at radius 1 is 1.43 bits per heavy atom. The van der Waals surface area contributed by atoms with Crippen molar-refractivity contribution in [2.75, 3.05) is 5.73 Å². The van der Waals surface area contributed by atoms with Crippen molar-refractivity contribution in [3.05, 3.63) is 45.1 Å². The van der Waals surface area contributed by atoms with Gasteiger partial charge in [-0.05, 0) is 49.4 Å². The molecule has 1 heterocycles. The van der Waals surface area contributed by atoms with Gasteiger partial charge in [-0.2, -0.15) is 0 Å². The first-order valence-corrected chi connectivity index (χ1v) is 9.14. The predicted molar refractivity (Wildman–Crippen MR) is 88.4 cm³/mol. The number of sulfonamides is 1. The van der Waals surface area contributed by atoms with Gasteiger partial charge in [-0.25, -0.2) is 13.1 Å². The van der Waals surface area contributed by atoms with Crippen LogP contribution in [0.5, 0.6) is 0 Å². The molecule has 0 radical (unpaired) electrons. The smallest absolute Gasteiger partial charge is 0.242 e. The average molecular weight is 345 g/mol. The van der Waals surface area contributed by atoms with E-state index in [1.54, 1.807) is 24.3 Å². The van der Waals surface area contributed by atoms with Gasteiger partial charge in [0, 0.05) is 16.6 Å². The van der Waals surface area contributed by atoms with E-state index in [0.29, 0.717) is 12.1 Å². The summed E-state index contributed by atoms with van der Waals surface area (Å²) < 4.78 is 27.5. The third kappa shape index (κ3) is 3.97. The molecule has 0 fully saturated rings. The summed E-state index contributed by atoms with van der Waals surface area (Å²) >= 11 is 7.64. The van der Waals surface area contributed by atoms with Gasteiger partial charge in [0.25, 0.3) is 0 Å². The summed E-state index contributed by atoms with van der Waals surface area (Å²) in [5, 5.41) is 2.14. The number of rotatable bonds is 5. The van der Waals surface area contributed by atoms with Crippen LogP contribution in [0.2, 0.25) is 5.02 Å². The Morgan fingerprint density at radius 3 is 2.76 bits per heavy atom. The Kier molecular flexibility index (Phi) is 4.93. The number of halogens is 1. The van der Waals surface area contributed by atoms with Crippen LogP contribution >= 0.6 is 22.9 Å². The van der Waals surface area contributed by atoms with Crippen LogP contribution in [0.25, 0.3) is 0 Å². The first-order chi connectivity index (χ1) is 9.79. The van der Waals surface area contributed by atoms with E-state index in [-0.39, 0.29) is 16.0 Å². The number of aryl methyl sites for hydroxylation is 1. The Labute approximate surface area is 134 Å². The lowest BCUT2D eigenvalue weighted by Gasteiger charge is -2.15. The van der Waals surface area contributed by atoms with Gasteiger partial charge in [0.1, 0.15) is 4.90 Å². The quantitative estimate of drug-likeness (QED) is 0.818. The standard InChI is InChI=1S/C14H17ClN2O2S2/c1-9-6-12(15)14(8-13(9)16)21(18,19)17-10(2)7-11-4-3-5-20-11/h3-6,8,10,17H,7,16H2,1-2H3. The molecule has 3 N–H and O–H groups in total. The minimum atomic E-state index is -3.69. The van der Waals surface area contributed by atoms with Crippen molar-refractivity contribution in [3.8, 4) is 0 Å². The van der Waals surface area contributed by atoms with Crippen LogP contribution in [0.3, 0.4) is 0 Å². The maximum absolute atomic E-state index is 12.4. The van der Waals surface area contributed by atoms with Gasteiger partial charge in [0.15, 0.2) is 0 Å². The van der Waals surface area contributed by atoms with Crippen LogP contribution in [0, 0.1) is 6.92 Å². The van der Waals surface area contributed by atoms with Gasteiger partial charge in [-0.15, -0.1) is 11.3 Å². The summed E-state index contributed by atoms with van der Waals surface area (Å²) in [7, 11) is -3.69. The van der Waals surface area contributed by atoms with Crippen molar-refractivity contribution in [2.24, 2.45) is 0 Å². The number of nitrogen functional groups attached to an aromatic ring is 1. The zero-order chi connectivity index (χ0) is 15.6. The summed E-state index contributed by atoms with van der Waals surface area (Å²) in [6.45, 7) is 3.60. The molecule has 7 heteroatoms. The Balaban J connectivity index is 2.20. The number of thiophene rings is 1. The number of hydrogen-bond acceptors (Lipinski definition) is 4. The summed E-state index contributed by atoms with van der Waals surface area (Å²) in [5.74, 6) is 0. The van der Waals surface area contributed by atoms with Gasteiger partial charge >= 0.3 is 0 Å². The largest absolute Gasteiger partial charge is 0.398 e. The van der Waals surface area contributed by atoms with Crippen molar-refractivity contribution in [1.82, 2.24) is 4.72 Å². The van der Waals surface area contributed by atoms with Crippen LogP contribution in [0.1, 0.15) is 17.4 Å². The lowest BCUT2D eigenvalue weighted by molar-refractivity contribution is 0.561. The predicted octanol–water partition coefficient (Wildman–Crippen LogP) is 3.20. The Hall–Kier alpha value is -1.08. The molecule has 0 aliphatic carbocycles. The third-order valence-electron chi connectivity index (χ3n) is 3.05. The first-order valence-electron chi connectivity index (χ1n) is 6.40. The van der Waals surface area contributed by atoms with Gasteiger partial charge in [0.2, 0.25) is 10.0 Å². The van der Waals surface area contributed by atoms with Crippen LogP contribution in [0.4, 0.5) is 5.69 Å². The van der Waals surface area contributed by atoms with Crippen molar-refractivity contribution in [3.63, 3.8) is 0 Å². The molecular weight excluding hydrogens is 328 g/mol. The Bertz CT molecular complexity index is 728. The summed E-state index contributed by atoms with van der Waals surface area (Å²) in [6.07, 6.45) is 0.635. The van der Waals surface area contributed by atoms with E-state index in [1.165, 1.54) is 6.07 Å². The highest BCUT2D eigenvalue weighted by molar-refractivity contribution is 7.89. The van der Waals surface area contributed by atoms with E-state index in [9.17, 15) is 8.42 Å². The van der Waals surface area contributed by atoms with E-state index >= 15 is 0 Å². The monoisotopic (exact) mass is 344 g/mol. The molecular formula is C14H17ClN2O2S2. The second-order valence-corrected chi connectivity index (χ2v) is 8.07. The zero-order valence-electron chi connectivity index (χ0n) is 11.8. The topological polar surface area (TPSA) is 72.2 Å². The molecule has 1 aromatic carbocycles. The van der Waals surface area contributed by atoms with Crippen molar-refractivity contribution < 1.29 is 8.42 Å². The molecule has 21 heavy (non-hydrogen) atoms. The van der Waals surface area contributed by atoms with Crippen molar-refractivity contribution in [2.45, 2.75) is 31.2 Å². The summed E-state index contributed by atoms with van der Waals surface area (Å²) in [6, 6.07) is 6.66. The third-order valence-corrected chi connectivity index (χ3v) is 6.01. The van der Waals surface area contributed by atoms with Gasteiger partial charge in [-0.3, -0.25) is 0 Å². The van der Waals surface area contributed by atoms with Crippen LogP contribution in [0.15, 0.2) is 34.5 Å². The lowest BCUT2D eigenvalue weighted by atomic mass is 10.2.